The fourth-order valence-electron chi connectivity index (χ4n) is 3.41. The summed E-state index contributed by atoms with van der Waals surface area (Å²) in [6.07, 6.45) is 5.88. The van der Waals surface area contributed by atoms with Crippen LogP contribution in [0.5, 0.6) is 0 Å². The fourth-order valence-corrected chi connectivity index (χ4v) is 3.41. The number of nitrogens with zero attached hydrogens (tertiary/aromatic N) is 1. The minimum absolute atomic E-state index is 0.196. The van der Waals surface area contributed by atoms with Crippen LogP contribution >= 0.6 is 0 Å². The van der Waals surface area contributed by atoms with Crippen molar-refractivity contribution >= 4 is 0 Å². The summed E-state index contributed by atoms with van der Waals surface area (Å²) in [4.78, 5) is 2.61. The molecular formula is C18H29NO. The SMILES string of the molecule is Cc1cccc(C)c1CN1CCCCCC1CC(C)O. The summed E-state index contributed by atoms with van der Waals surface area (Å²) in [5.74, 6) is 0. The Kier molecular flexibility index (Phi) is 5.62. The predicted molar refractivity (Wildman–Crippen MR) is 84.9 cm³/mol. The zero-order chi connectivity index (χ0) is 14.5. The van der Waals surface area contributed by atoms with Crippen LogP contribution in [0.15, 0.2) is 18.2 Å². The molecule has 1 heterocycles. The highest BCUT2D eigenvalue weighted by Gasteiger charge is 2.23. The van der Waals surface area contributed by atoms with E-state index in [9.17, 15) is 5.11 Å². The van der Waals surface area contributed by atoms with Crippen LogP contribution < -0.4 is 0 Å². The van der Waals surface area contributed by atoms with Gasteiger partial charge in [-0.25, -0.2) is 0 Å². The van der Waals surface area contributed by atoms with Crippen molar-refractivity contribution in [3.8, 4) is 0 Å². The highest BCUT2D eigenvalue weighted by molar-refractivity contribution is 5.33. The number of likely N-dealkylation sites (tertiary alicyclic amines) is 1. The van der Waals surface area contributed by atoms with E-state index in [1.165, 1.54) is 48.9 Å². The molecule has 112 valence electrons. The van der Waals surface area contributed by atoms with Crippen molar-refractivity contribution in [2.45, 2.75) is 71.6 Å². The molecule has 1 aromatic rings. The summed E-state index contributed by atoms with van der Waals surface area (Å²) in [5.41, 5.74) is 4.26. The number of hydrogen-bond acceptors (Lipinski definition) is 2. The van der Waals surface area contributed by atoms with Gasteiger partial charge in [-0.2, -0.15) is 0 Å². The van der Waals surface area contributed by atoms with Gasteiger partial charge in [0.1, 0.15) is 0 Å². The smallest absolute Gasteiger partial charge is 0.0527 e. The van der Waals surface area contributed by atoms with Gasteiger partial charge in [0.25, 0.3) is 0 Å². The molecule has 2 rings (SSSR count). The first-order chi connectivity index (χ1) is 9.58. The second-order valence-electron chi connectivity index (χ2n) is 6.43. The molecule has 2 heteroatoms. The molecule has 2 unspecified atom stereocenters. The van der Waals surface area contributed by atoms with Gasteiger partial charge in [0.15, 0.2) is 0 Å². The van der Waals surface area contributed by atoms with Crippen LogP contribution in [0, 0.1) is 13.8 Å². The summed E-state index contributed by atoms with van der Waals surface area (Å²) >= 11 is 0. The van der Waals surface area contributed by atoms with Crippen LogP contribution in [0.4, 0.5) is 0 Å². The molecule has 1 aromatic carbocycles. The first-order valence-electron chi connectivity index (χ1n) is 8.05. The molecule has 0 radical (unpaired) electrons. The lowest BCUT2D eigenvalue weighted by atomic mass is 9.99. The zero-order valence-corrected chi connectivity index (χ0v) is 13.2. The molecule has 0 aliphatic carbocycles. The van der Waals surface area contributed by atoms with Crippen molar-refractivity contribution in [3.05, 3.63) is 34.9 Å². The molecule has 0 bridgehead atoms. The molecule has 0 amide bonds. The summed E-state index contributed by atoms with van der Waals surface area (Å²) in [6.45, 7) is 8.55. The molecule has 20 heavy (non-hydrogen) atoms. The summed E-state index contributed by atoms with van der Waals surface area (Å²) in [6, 6.07) is 7.11. The van der Waals surface area contributed by atoms with E-state index in [2.05, 4.69) is 36.9 Å². The van der Waals surface area contributed by atoms with Gasteiger partial charge in [-0.05, 0) is 63.3 Å². The Hall–Kier alpha value is -0.860. The highest BCUT2D eigenvalue weighted by atomic mass is 16.3. The van der Waals surface area contributed by atoms with E-state index in [0.29, 0.717) is 6.04 Å². The van der Waals surface area contributed by atoms with Gasteiger partial charge >= 0.3 is 0 Å². The van der Waals surface area contributed by atoms with Crippen molar-refractivity contribution in [3.63, 3.8) is 0 Å². The monoisotopic (exact) mass is 275 g/mol. The number of hydrogen-bond donors (Lipinski definition) is 1. The van der Waals surface area contributed by atoms with E-state index < -0.39 is 0 Å². The summed E-state index contributed by atoms with van der Waals surface area (Å²) in [7, 11) is 0. The summed E-state index contributed by atoms with van der Waals surface area (Å²) in [5, 5.41) is 9.76. The third-order valence-corrected chi connectivity index (χ3v) is 4.62. The summed E-state index contributed by atoms with van der Waals surface area (Å²) < 4.78 is 0. The average Bonchev–Trinajstić information content (AvgIpc) is 2.59. The largest absolute Gasteiger partial charge is 0.393 e. The minimum atomic E-state index is -0.196. The highest BCUT2D eigenvalue weighted by Crippen LogP contribution is 2.24. The third-order valence-electron chi connectivity index (χ3n) is 4.62. The second-order valence-corrected chi connectivity index (χ2v) is 6.43. The number of aliphatic hydroxyl groups is 1. The Balaban J connectivity index is 2.14. The first-order valence-corrected chi connectivity index (χ1v) is 8.05. The van der Waals surface area contributed by atoms with E-state index >= 15 is 0 Å². The second kappa shape index (κ2) is 7.24. The topological polar surface area (TPSA) is 23.5 Å². The van der Waals surface area contributed by atoms with Gasteiger partial charge in [-0.15, -0.1) is 0 Å². The molecule has 1 aliphatic heterocycles. The maximum Gasteiger partial charge on any atom is 0.0527 e. The Morgan fingerprint density at radius 3 is 2.55 bits per heavy atom. The van der Waals surface area contributed by atoms with Crippen molar-refractivity contribution in [2.24, 2.45) is 0 Å². The van der Waals surface area contributed by atoms with Crippen molar-refractivity contribution < 1.29 is 5.11 Å². The van der Waals surface area contributed by atoms with Gasteiger partial charge < -0.3 is 5.11 Å². The van der Waals surface area contributed by atoms with Crippen LogP contribution in [0.1, 0.15) is 55.7 Å². The molecule has 0 spiro atoms. The van der Waals surface area contributed by atoms with Crippen molar-refractivity contribution in [1.82, 2.24) is 4.90 Å². The molecule has 0 aromatic heterocycles. The Bertz CT molecular complexity index is 407. The Morgan fingerprint density at radius 2 is 1.90 bits per heavy atom. The number of benzene rings is 1. The molecule has 1 fully saturated rings. The zero-order valence-electron chi connectivity index (χ0n) is 13.2. The normalized spacial score (nSPS) is 22.5. The van der Waals surface area contributed by atoms with E-state index in [4.69, 9.17) is 0 Å². The maximum absolute atomic E-state index is 9.76. The quantitative estimate of drug-likeness (QED) is 0.903. The van der Waals surface area contributed by atoms with Gasteiger partial charge in [-0.1, -0.05) is 31.0 Å². The average molecular weight is 275 g/mol. The van der Waals surface area contributed by atoms with E-state index in [1.807, 2.05) is 6.92 Å². The van der Waals surface area contributed by atoms with E-state index in [0.717, 1.165) is 13.0 Å². The van der Waals surface area contributed by atoms with E-state index in [-0.39, 0.29) is 6.10 Å². The van der Waals surface area contributed by atoms with Crippen LogP contribution in [-0.2, 0) is 6.54 Å². The lowest BCUT2D eigenvalue weighted by molar-refractivity contribution is 0.108. The third kappa shape index (κ3) is 4.07. The van der Waals surface area contributed by atoms with Crippen LogP contribution in [0.2, 0.25) is 0 Å². The van der Waals surface area contributed by atoms with Crippen molar-refractivity contribution in [1.29, 1.82) is 0 Å². The van der Waals surface area contributed by atoms with E-state index in [1.54, 1.807) is 0 Å². The maximum atomic E-state index is 9.76. The Labute approximate surface area is 123 Å². The van der Waals surface area contributed by atoms with Crippen LogP contribution in [0.25, 0.3) is 0 Å². The van der Waals surface area contributed by atoms with Crippen LogP contribution in [0.3, 0.4) is 0 Å². The minimum Gasteiger partial charge on any atom is -0.393 e. The first kappa shape index (κ1) is 15.5. The number of rotatable bonds is 4. The van der Waals surface area contributed by atoms with Crippen molar-refractivity contribution in [2.75, 3.05) is 6.54 Å². The molecule has 2 atom stereocenters. The predicted octanol–water partition coefficient (Wildman–Crippen LogP) is 3.82. The molecular weight excluding hydrogens is 246 g/mol. The molecule has 2 nitrogen and oxygen atoms in total. The lowest BCUT2D eigenvalue weighted by Gasteiger charge is -2.32. The molecule has 0 saturated carbocycles. The molecule has 1 saturated heterocycles. The lowest BCUT2D eigenvalue weighted by Crippen LogP contribution is -2.36. The molecule has 1 N–H and O–H groups in total. The fraction of sp³-hybridized carbons (Fsp3) is 0.667. The van der Waals surface area contributed by atoms with Gasteiger partial charge in [0.05, 0.1) is 6.10 Å². The van der Waals surface area contributed by atoms with Gasteiger partial charge in [0.2, 0.25) is 0 Å². The molecule has 1 aliphatic rings. The van der Waals surface area contributed by atoms with Gasteiger partial charge in [0, 0.05) is 12.6 Å². The van der Waals surface area contributed by atoms with Crippen LogP contribution in [-0.4, -0.2) is 28.7 Å². The number of aryl methyl sites for hydroxylation is 2. The Morgan fingerprint density at radius 1 is 1.20 bits per heavy atom. The standard InChI is InChI=1S/C18H29NO/c1-14-8-7-9-15(2)18(14)13-19-11-6-4-5-10-17(19)12-16(3)20/h7-9,16-17,20H,4-6,10-13H2,1-3H3. The van der Waals surface area contributed by atoms with Gasteiger partial charge in [-0.3, -0.25) is 4.90 Å². The number of aliphatic hydroxyl groups excluding tert-OH is 1.